The van der Waals surface area contributed by atoms with Gasteiger partial charge in [-0.05, 0) is 48.6 Å². The number of nitrogens with zero attached hydrogens (tertiary/aromatic N) is 3. The Kier molecular flexibility index (Phi) is 4.17. The quantitative estimate of drug-likeness (QED) is 0.935. The molecule has 0 spiro atoms. The molecule has 1 aromatic carbocycles. The Morgan fingerprint density at radius 1 is 1.20 bits per heavy atom. The molecular formula is C20H23N3O2. The highest BCUT2D eigenvalue weighted by atomic mass is 16.3. The maximum Gasteiger partial charge on any atom is 0.227 e. The number of hydrogen-bond donors (Lipinski definition) is 1. The van der Waals surface area contributed by atoms with Crippen molar-refractivity contribution in [2.45, 2.75) is 31.7 Å². The summed E-state index contributed by atoms with van der Waals surface area (Å²) < 4.78 is 0. The van der Waals surface area contributed by atoms with Gasteiger partial charge in [0.25, 0.3) is 0 Å². The zero-order valence-corrected chi connectivity index (χ0v) is 14.5. The number of carbonyl (C=O) groups excluding carboxylic acids is 1. The third-order valence-corrected chi connectivity index (χ3v) is 5.40. The van der Waals surface area contributed by atoms with Crippen molar-refractivity contribution in [2.24, 2.45) is 0 Å². The molecule has 1 saturated heterocycles. The minimum absolute atomic E-state index is 0.174. The maximum absolute atomic E-state index is 11.9. The highest BCUT2D eigenvalue weighted by Gasteiger charge is 2.25. The molecule has 25 heavy (non-hydrogen) atoms. The summed E-state index contributed by atoms with van der Waals surface area (Å²) in [5, 5.41) is 9.57. The first-order valence-corrected chi connectivity index (χ1v) is 8.90. The predicted molar refractivity (Wildman–Crippen MR) is 98.9 cm³/mol. The van der Waals surface area contributed by atoms with E-state index in [2.05, 4.69) is 28.1 Å². The molecule has 1 N–H and O–H groups in total. The van der Waals surface area contributed by atoms with Crippen LogP contribution in [0.2, 0.25) is 0 Å². The Morgan fingerprint density at radius 3 is 2.92 bits per heavy atom. The first-order valence-electron chi connectivity index (χ1n) is 8.90. The Hall–Kier alpha value is -2.40. The third-order valence-electron chi connectivity index (χ3n) is 5.40. The number of benzene rings is 1. The molecule has 0 bridgehead atoms. The summed E-state index contributed by atoms with van der Waals surface area (Å²) >= 11 is 0. The molecule has 1 aromatic heterocycles. The number of rotatable bonds is 3. The smallest absolute Gasteiger partial charge is 0.227 e. The molecule has 5 nitrogen and oxygen atoms in total. The Labute approximate surface area is 147 Å². The van der Waals surface area contributed by atoms with E-state index in [1.54, 1.807) is 4.90 Å². The van der Waals surface area contributed by atoms with Gasteiger partial charge in [-0.2, -0.15) is 0 Å². The van der Waals surface area contributed by atoms with Crippen molar-refractivity contribution in [3.05, 3.63) is 42.2 Å². The lowest BCUT2D eigenvalue weighted by Crippen LogP contribution is -2.32. The van der Waals surface area contributed by atoms with Gasteiger partial charge in [-0.3, -0.25) is 9.78 Å². The molecule has 3 heterocycles. The van der Waals surface area contributed by atoms with Crippen LogP contribution >= 0.6 is 0 Å². The average Bonchev–Trinajstić information content (AvgIpc) is 3.13. The number of fused-ring (bicyclic) bond motifs is 1. The molecular weight excluding hydrogens is 314 g/mol. The van der Waals surface area contributed by atoms with E-state index in [9.17, 15) is 9.90 Å². The molecule has 0 unspecified atom stereocenters. The second-order valence-electron chi connectivity index (χ2n) is 6.90. The molecule has 0 saturated carbocycles. The molecule has 2 aromatic rings. The number of carbonyl (C=O) groups is 1. The summed E-state index contributed by atoms with van der Waals surface area (Å²) in [7, 11) is 1.84. The molecule has 2 aliphatic heterocycles. The van der Waals surface area contributed by atoms with Gasteiger partial charge >= 0.3 is 0 Å². The second kappa shape index (κ2) is 6.48. The summed E-state index contributed by atoms with van der Waals surface area (Å²) in [6, 6.07) is 8.61. The lowest BCUT2D eigenvalue weighted by Gasteiger charge is -2.27. The summed E-state index contributed by atoms with van der Waals surface area (Å²) in [5.74, 6) is 0.174. The van der Waals surface area contributed by atoms with Crippen molar-refractivity contribution in [2.75, 3.05) is 30.0 Å². The highest BCUT2D eigenvalue weighted by molar-refractivity contribution is 5.96. The topological polar surface area (TPSA) is 56.7 Å². The minimum Gasteiger partial charge on any atom is -0.394 e. The molecule has 130 valence electrons. The number of aliphatic hydroxyl groups is 1. The molecule has 5 heteroatoms. The maximum atomic E-state index is 11.9. The van der Waals surface area contributed by atoms with Gasteiger partial charge in [-0.25, -0.2) is 0 Å². The zero-order valence-electron chi connectivity index (χ0n) is 14.5. The standard InChI is InChI=1S/C20H23N3O2/c1-22-19-6-4-14(9-15(19)5-7-20(22)25)16-10-18(12-21-11-16)23-8-2-3-17(23)13-24/h4,6,9-12,17,24H,2-3,5,7-8,13H2,1H3/t17-/m1/s1. The molecule has 2 aliphatic rings. The number of amides is 1. The van der Waals surface area contributed by atoms with Crippen molar-refractivity contribution in [3.8, 4) is 11.1 Å². The molecule has 0 aliphatic carbocycles. The number of aryl methyl sites for hydroxylation is 1. The van der Waals surface area contributed by atoms with Gasteiger partial charge in [0.1, 0.15) is 0 Å². The van der Waals surface area contributed by atoms with E-state index in [-0.39, 0.29) is 18.6 Å². The number of anilines is 2. The lowest BCUT2D eigenvalue weighted by atomic mass is 9.96. The number of aromatic nitrogens is 1. The van der Waals surface area contributed by atoms with E-state index in [1.807, 2.05) is 25.5 Å². The second-order valence-corrected chi connectivity index (χ2v) is 6.90. The summed E-state index contributed by atoms with van der Waals surface area (Å²) in [5.41, 5.74) is 5.47. The van der Waals surface area contributed by atoms with E-state index in [4.69, 9.17) is 0 Å². The van der Waals surface area contributed by atoms with Crippen LogP contribution in [0.15, 0.2) is 36.7 Å². The van der Waals surface area contributed by atoms with E-state index in [0.29, 0.717) is 6.42 Å². The van der Waals surface area contributed by atoms with Gasteiger partial charge in [0, 0.05) is 37.5 Å². The van der Waals surface area contributed by atoms with Crippen molar-refractivity contribution < 1.29 is 9.90 Å². The van der Waals surface area contributed by atoms with Crippen LogP contribution in [-0.4, -0.2) is 42.2 Å². The molecule has 1 atom stereocenters. The first kappa shape index (κ1) is 16.1. The molecule has 4 rings (SSSR count). The van der Waals surface area contributed by atoms with E-state index >= 15 is 0 Å². The zero-order chi connectivity index (χ0) is 17.4. The van der Waals surface area contributed by atoms with E-state index in [0.717, 1.165) is 48.3 Å². The highest BCUT2D eigenvalue weighted by Crippen LogP contribution is 2.33. The summed E-state index contributed by atoms with van der Waals surface area (Å²) in [6.07, 6.45) is 7.25. The van der Waals surface area contributed by atoms with Crippen LogP contribution in [0.3, 0.4) is 0 Å². The Morgan fingerprint density at radius 2 is 2.08 bits per heavy atom. The van der Waals surface area contributed by atoms with Gasteiger partial charge in [-0.1, -0.05) is 6.07 Å². The van der Waals surface area contributed by atoms with Gasteiger partial charge in [0.2, 0.25) is 5.91 Å². The Balaban J connectivity index is 1.67. The number of aliphatic hydroxyl groups excluding tert-OH is 1. The first-order chi connectivity index (χ1) is 12.2. The normalized spacial score (nSPS) is 20.1. The van der Waals surface area contributed by atoms with Gasteiger partial charge in [0.15, 0.2) is 0 Å². The van der Waals surface area contributed by atoms with Gasteiger partial charge in [-0.15, -0.1) is 0 Å². The SMILES string of the molecule is CN1C(=O)CCc2cc(-c3cncc(N4CCC[C@@H]4CO)c3)ccc21. The lowest BCUT2D eigenvalue weighted by molar-refractivity contribution is -0.118. The van der Waals surface area contributed by atoms with Crippen LogP contribution < -0.4 is 9.80 Å². The van der Waals surface area contributed by atoms with Crippen molar-refractivity contribution >= 4 is 17.3 Å². The van der Waals surface area contributed by atoms with Crippen LogP contribution in [0.4, 0.5) is 11.4 Å². The van der Waals surface area contributed by atoms with Crippen LogP contribution in [-0.2, 0) is 11.2 Å². The van der Waals surface area contributed by atoms with Crippen LogP contribution in [0, 0.1) is 0 Å². The monoisotopic (exact) mass is 337 g/mol. The third kappa shape index (κ3) is 2.89. The van der Waals surface area contributed by atoms with Crippen molar-refractivity contribution in [3.63, 3.8) is 0 Å². The van der Waals surface area contributed by atoms with Crippen molar-refractivity contribution in [1.82, 2.24) is 4.98 Å². The van der Waals surface area contributed by atoms with Gasteiger partial charge < -0.3 is 14.9 Å². The number of pyridine rings is 1. The van der Waals surface area contributed by atoms with Crippen LogP contribution in [0.25, 0.3) is 11.1 Å². The molecule has 1 amide bonds. The van der Waals surface area contributed by atoms with E-state index in [1.165, 1.54) is 5.56 Å². The molecule has 1 fully saturated rings. The summed E-state index contributed by atoms with van der Waals surface area (Å²) in [4.78, 5) is 20.3. The van der Waals surface area contributed by atoms with E-state index < -0.39 is 0 Å². The van der Waals surface area contributed by atoms with Gasteiger partial charge in [0.05, 0.1) is 24.5 Å². The fourth-order valence-corrected chi connectivity index (χ4v) is 3.94. The predicted octanol–water partition coefficient (Wildman–Crippen LogP) is 2.62. The fraction of sp³-hybridized carbons (Fsp3) is 0.400. The molecule has 0 radical (unpaired) electrons. The van der Waals surface area contributed by atoms with Crippen molar-refractivity contribution in [1.29, 1.82) is 0 Å². The summed E-state index contributed by atoms with van der Waals surface area (Å²) in [6.45, 7) is 1.15. The minimum atomic E-state index is 0.174. The average molecular weight is 337 g/mol. The van der Waals surface area contributed by atoms with Crippen LogP contribution in [0.5, 0.6) is 0 Å². The van der Waals surface area contributed by atoms with Crippen LogP contribution in [0.1, 0.15) is 24.8 Å². The largest absolute Gasteiger partial charge is 0.394 e. The fourth-order valence-electron chi connectivity index (χ4n) is 3.94. The number of hydrogen-bond acceptors (Lipinski definition) is 4. The Bertz CT molecular complexity index is 805.